The molecule has 0 spiro atoms. The molecule has 0 bridgehead atoms. The van der Waals surface area contributed by atoms with Crippen LogP contribution in [-0.4, -0.2) is 30.6 Å². The van der Waals surface area contributed by atoms with Gasteiger partial charge < -0.3 is 5.32 Å². The van der Waals surface area contributed by atoms with Gasteiger partial charge in [0, 0.05) is 13.0 Å². The lowest BCUT2D eigenvalue weighted by Gasteiger charge is -2.08. The molecule has 0 saturated heterocycles. The van der Waals surface area contributed by atoms with Crippen LogP contribution >= 0.6 is 11.3 Å². The lowest BCUT2D eigenvalue weighted by Crippen LogP contribution is -2.31. The van der Waals surface area contributed by atoms with Gasteiger partial charge in [-0.2, -0.15) is 0 Å². The van der Waals surface area contributed by atoms with Crippen LogP contribution in [0.2, 0.25) is 0 Å². The summed E-state index contributed by atoms with van der Waals surface area (Å²) >= 11 is 0.816. The Kier molecular flexibility index (Phi) is 4.54. The van der Waals surface area contributed by atoms with Gasteiger partial charge in [0.2, 0.25) is 15.4 Å². The van der Waals surface area contributed by atoms with E-state index in [1.807, 2.05) is 6.92 Å². The molecule has 7 nitrogen and oxygen atoms in total. The molecule has 0 aromatic carbocycles. The molecule has 0 fully saturated rings. The highest BCUT2D eigenvalue weighted by atomic mass is 32.2. The Morgan fingerprint density at radius 2 is 2.12 bits per heavy atom. The standard InChI is InChI=1S/C8H14N4O3S2/c1-4-5(2)12-17(14,15)8-11-10-7(16-8)9-6(3)13/h5,12H,4H2,1-3H3,(H,9,10,13)/t5-/m1/s1. The molecule has 0 unspecified atom stereocenters. The number of nitrogens with zero attached hydrogens (tertiary/aromatic N) is 2. The SMILES string of the molecule is CC[C@@H](C)NS(=O)(=O)c1nnc(NC(C)=O)s1. The van der Waals surface area contributed by atoms with Gasteiger partial charge in [0.25, 0.3) is 10.0 Å². The highest BCUT2D eigenvalue weighted by molar-refractivity contribution is 7.91. The minimum absolute atomic E-state index is 0.151. The molecule has 96 valence electrons. The number of nitrogens with one attached hydrogen (secondary N) is 2. The van der Waals surface area contributed by atoms with E-state index in [-0.39, 0.29) is 21.4 Å². The van der Waals surface area contributed by atoms with Crippen LogP contribution in [0.15, 0.2) is 4.34 Å². The van der Waals surface area contributed by atoms with E-state index in [0.29, 0.717) is 6.42 Å². The highest BCUT2D eigenvalue weighted by Gasteiger charge is 2.21. The second kappa shape index (κ2) is 5.52. The van der Waals surface area contributed by atoms with E-state index in [1.54, 1.807) is 6.92 Å². The Labute approximate surface area is 104 Å². The molecule has 0 aliphatic heterocycles. The Morgan fingerprint density at radius 3 is 2.65 bits per heavy atom. The molecule has 1 amide bonds. The van der Waals surface area contributed by atoms with Gasteiger partial charge in [-0.25, -0.2) is 13.1 Å². The molecule has 1 rings (SSSR count). The van der Waals surface area contributed by atoms with Crippen LogP contribution in [-0.2, 0) is 14.8 Å². The van der Waals surface area contributed by atoms with Gasteiger partial charge in [-0.15, -0.1) is 10.2 Å². The van der Waals surface area contributed by atoms with E-state index in [0.717, 1.165) is 11.3 Å². The topological polar surface area (TPSA) is 101 Å². The van der Waals surface area contributed by atoms with Crippen molar-refractivity contribution in [2.45, 2.75) is 37.6 Å². The molecular formula is C8H14N4O3S2. The van der Waals surface area contributed by atoms with Crippen molar-refractivity contribution in [1.29, 1.82) is 0 Å². The smallest absolute Gasteiger partial charge is 0.270 e. The monoisotopic (exact) mass is 278 g/mol. The van der Waals surface area contributed by atoms with Gasteiger partial charge in [0.15, 0.2) is 0 Å². The summed E-state index contributed by atoms with van der Waals surface area (Å²) < 4.78 is 25.9. The van der Waals surface area contributed by atoms with E-state index < -0.39 is 10.0 Å². The first-order chi connectivity index (χ1) is 7.85. The van der Waals surface area contributed by atoms with Crippen LogP contribution in [0.5, 0.6) is 0 Å². The third-order valence-electron chi connectivity index (χ3n) is 1.89. The van der Waals surface area contributed by atoms with Crippen LogP contribution in [0.1, 0.15) is 27.2 Å². The van der Waals surface area contributed by atoms with Crippen LogP contribution < -0.4 is 10.0 Å². The van der Waals surface area contributed by atoms with Gasteiger partial charge in [0.05, 0.1) is 0 Å². The van der Waals surface area contributed by atoms with Crippen molar-refractivity contribution in [2.24, 2.45) is 0 Å². The zero-order valence-corrected chi connectivity index (χ0v) is 11.4. The van der Waals surface area contributed by atoms with Gasteiger partial charge in [-0.1, -0.05) is 18.3 Å². The highest BCUT2D eigenvalue weighted by Crippen LogP contribution is 2.19. The van der Waals surface area contributed by atoms with Gasteiger partial charge in [-0.05, 0) is 13.3 Å². The van der Waals surface area contributed by atoms with Gasteiger partial charge in [-0.3, -0.25) is 4.79 Å². The Hall–Kier alpha value is -1.06. The molecule has 1 heterocycles. The summed E-state index contributed by atoms with van der Waals surface area (Å²) in [5.74, 6) is -0.319. The summed E-state index contributed by atoms with van der Waals surface area (Å²) in [6, 6.07) is -0.173. The lowest BCUT2D eigenvalue weighted by molar-refractivity contribution is -0.114. The number of aromatic nitrogens is 2. The summed E-state index contributed by atoms with van der Waals surface area (Å²) in [4.78, 5) is 10.8. The molecule has 1 aromatic heterocycles. The second-order valence-electron chi connectivity index (χ2n) is 3.48. The van der Waals surface area contributed by atoms with Crippen molar-refractivity contribution in [2.75, 3.05) is 5.32 Å². The minimum atomic E-state index is -3.64. The van der Waals surface area contributed by atoms with Crippen molar-refractivity contribution in [3.63, 3.8) is 0 Å². The number of hydrogen-bond donors (Lipinski definition) is 2. The maximum Gasteiger partial charge on any atom is 0.270 e. The van der Waals surface area contributed by atoms with Crippen molar-refractivity contribution in [3.8, 4) is 0 Å². The van der Waals surface area contributed by atoms with Gasteiger partial charge in [0.1, 0.15) is 0 Å². The Balaban J connectivity index is 2.85. The van der Waals surface area contributed by atoms with Crippen LogP contribution in [0.25, 0.3) is 0 Å². The fourth-order valence-corrected chi connectivity index (χ4v) is 3.21. The lowest BCUT2D eigenvalue weighted by atomic mass is 10.3. The van der Waals surface area contributed by atoms with Crippen molar-refractivity contribution >= 4 is 32.4 Å². The van der Waals surface area contributed by atoms with Crippen LogP contribution in [0.4, 0.5) is 5.13 Å². The Morgan fingerprint density at radius 1 is 1.47 bits per heavy atom. The third kappa shape index (κ3) is 4.02. The quantitative estimate of drug-likeness (QED) is 0.767. The number of sulfonamides is 1. The largest absolute Gasteiger partial charge is 0.301 e. The minimum Gasteiger partial charge on any atom is -0.301 e. The molecule has 0 aliphatic carbocycles. The molecule has 0 radical (unpaired) electrons. The predicted molar refractivity (Wildman–Crippen MR) is 64.3 cm³/mol. The summed E-state index contributed by atoms with van der Waals surface area (Å²) in [6.07, 6.45) is 0.677. The summed E-state index contributed by atoms with van der Waals surface area (Å²) in [7, 11) is -3.64. The number of hydrogen-bond acceptors (Lipinski definition) is 6. The number of rotatable bonds is 5. The zero-order chi connectivity index (χ0) is 13.1. The maximum absolute atomic E-state index is 11.8. The van der Waals surface area contributed by atoms with Crippen molar-refractivity contribution in [1.82, 2.24) is 14.9 Å². The molecule has 1 atom stereocenters. The molecule has 1 aromatic rings. The average molecular weight is 278 g/mol. The second-order valence-corrected chi connectivity index (χ2v) is 6.35. The third-order valence-corrected chi connectivity index (χ3v) is 4.68. The summed E-state index contributed by atoms with van der Waals surface area (Å²) in [6.45, 7) is 4.94. The van der Waals surface area contributed by atoms with Crippen molar-refractivity contribution < 1.29 is 13.2 Å². The number of carbonyl (C=O) groups is 1. The molecular weight excluding hydrogens is 264 g/mol. The normalized spacial score (nSPS) is 13.4. The Bertz CT molecular complexity index is 497. The first-order valence-electron chi connectivity index (χ1n) is 4.98. The molecule has 2 N–H and O–H groups in total. The van der Waals surface area contributed by atoms with E-state index in [4.69, 9.17) is 0 Å². The molecule has 17 heavy (non-hydrogen) atoms. The number of amides is 1. The van der Waals surface area contributed by atoms with E-state index in [1.165, 1.54) is 6.92 Å². The maximum atomic E-state index is 11.8. The first-order valence-corrected chi connectivity index (χ1v) is 7.28. The van der Waals surface area contributed by atoms with E-state index in [9.17, 15) is 13.2 Å². The fraction of sp³-hybridized carbons (Fsp3) is 0.625. The fourth-order valence-electron chi connectivity index (χ4n) is 0.918. The summed E-state index contributed by atoms with van der Waals surface area (Å²) in [5.41, 5.74) is 0. The van der Waals surface area contributed by atoms with E-state index in [2.05, 4.69) is 20.2 Å². The molecule has 0 saturated carbocycles. The van der Waals surface area contributed by atoms with Crippen LogP contribution in [0.3, 0.4) is 0 Å². The van der Waals surface area contributed by atoms with Crippen LogP contribution in [0, 0.1) is 0 Å². The van der Waals surface area contributed by atoms with Crippen molar-refractivity contribution in [3.05, 3.63) is 0 Å². The molecule has 0 aliphatic rings. The predicted octanol–water partition coefficient (Wildman–Crippen LogP) is 0.573. The summed E-state index contributed by atoms with van der Waals surface area (Å²) in [5, 5.41) is 9.65. The first kappa shape index (κ1) is 14.0. The average Bonchev–Trinajstić information content (AvgIpc) is 2.65. The van der Waals surface area contributed by atoms with E-state index >= 15 is 0 Å². The number of carbonyl (C=O) groups excluding carboxylic acids is 1. The zero-order valence-electron chi connectivity index (χ0n) is 9.72. The van der Waals surface area contributed by atoms with Gasteiger partial charge >= 0.3 is 0 Å². The molecule has 9 heteroatoms. The number of anilines is 1.